The van der Waals surface area contributed by atoms with Crippen molar-refractivity contribution in [3.63, 3.8) is 0 Å². The van der Waals surface area contributed by atoms with Crippen LogP contribution in [0, 0.1) is 0 Å². The number of thioether (sulfide) groups is 1. The minimum atomic E-state index is 0.690. The summed E-state index contributed by atoms with van der Waals surface area (Å²) in [6, 6.07) is 0.690. The second-order valence-corrected chi connectivity index (χ2v) is 5.08. The van der Waals surface area contributed by atoms with Gasteiger partial charge in [-0.05, 0) is 20.4 Å². The molecule has 0 spiro atoms. The van der Waals surface area contributed by atoms with Crippen LogP contribution in [-0.2, 0) is 0 Å². The van der Waals surface area contributed by atoms with Gasteiger partial charge in [-0.25, -0.2) is 0 Å². The highest BCUT2D eigenvalue weighted by molar-refractivity contribution is 7.98. The predicted octanol–water partition coefficient (Wildman–Crippen LogP) is 0.185. The second kappa shape index (κ2) is 6.67. The standard InChI is InChI=1S/C10H23N3S/c1-12-5-6-13(2)10(9-12)8-11-4-7-14-3/h10-11H,4-9H2,1-3H3. The Morgan fingerprint density at radius 3 is 2.86 bits per heavy atom. The van der Waals surface area contributed by atoms with Crippen molar-refractivity contribution in [3.8, 4) is 0 Å². The average Bonchev–Trinajstić information content (AvgIpc) is 2.18. The molecule has 0 saturated carbocycles. The molecular weight excluding hydrogens is 194 g/mol. The van der Waals surface area contributed by atoms with Gasteiger partial charge in [-0.2, -0.15) is 11.8 Å². The fourth-order valence-corrected chi connectivity index (χ4v) is 2.11. The van der Waals surface area contributed by atoms with Gasteiger partial charge in [0.1, 0.15) is 0 Å². The molecule has 0 radical (unpaired) electrons. The van der Waals surface area contributed by atoms with Crippen LogP contribution in [0.1, 0.15) is 0 Å². The third-order valence-electron chi connectivity index (χ3n) is 2.84. The maximum Gasteiger partial charge on any atom is 0.0345 e. The molecule has 0 aromatic rings. The van der Waals surface area contributed by atoms with E-state index in [2.05, 4.69) is 35.5 Å². The lowest BCUT2D eigenvalue weighted by Gasteiger charge is -2.37. The van der Waals surface area contributed by atoms with E-state index in [4.69, 9.17) is 0 Å². The van der Waals surface area contributed by atoms with E-state index in [1.807, 2.05) is 11.8 Å². The molecule has 1 saturated heterocycles. The van der Waals surface area contributed by atoms with E-state index in [0.29, 0.717) is 6.04 Å². The molecule has 3 nitrogen and oxygen atoms in total. The fourth-order valence-electron chi connectivity index (χ4n) is 1.76. The SMILES string of the molecule is CSCCNCC1CN(C)CCN1C. The van der Waals surface area contributed by atoms with Gasteiger partial charge < -0.3 is 10.2 Å². The van der Waals surface area contributed by atoms with Gasteiger partial charge in [0.05, 0.1) is 0 Å². The number of hydrogen-bond donors (Lipinski definition) is 1. The van der Waals surface area contributed by atoms with Crippen molar-refractivity contribution in [1.82, 2.24) is 15.1 Å². The summed E-state index contributed by atoms with van der Waals surface area (Å²) in [5.41, 5.74) is 0. The first-order valence-corrected chi connectivity index (χ1v) is 6.72. The lowest BCUT2D eigenvalue weighted by atomic mass is 10.2. The summed E-state index contributed by atoms with van der Waals surface area (Å²) >= 11 is 1.90. The molecule has 0 amide bonds. The van der Waals surface area contributed by atoms with Crippen LogP contribution in [0.4, 0.5) is 0 Å². The largest absolute Gasteiger partial charge is 0.314 e. The van der Waals surface area contributed by atoms with E-state index in [-0.39, 0.29) is 0 Å². The van der Waals surface area contributed by atoms with Gasteiger partial charge in [0.15, 0.2) is 0 Å². The van der Waals surface area contributed by atoms with Crippen molar-refractivity contribution in [3.05, 3.63) is 0 Å². The first-order chi connectivity index (χ1) is 6.74. The average molecular weight is 217 g/mol. The van der Waals surface area contributed by atoms with Gasteiger partial charge in [0.25, 0.3) is 0 Å². The molecular formula is C10H23N3S. The number of nitrogens with one attached hydrogen (secondary N) is 1. The van der Waals surface area contributed by atoms with Gasteiger partial charge in [0, 0.05) is 44.5 Å². The summed E-state index contributed by atoms with van der Waals surface area (Å²) < 4.78 is 0. The van der Waals surface area contributed by atoms with Gasteiger partial charge in [-0.3, -0.25) is 4.90 Å². The monoisotopic (exact) mass is 217 g/mol. The topological polar surface area (TPSA) is 18.5 Å². The molecule has 1 aliphatic rings. The minimum absolute atomic E-state index is 0.690. The Labute approximate surface area is 92.2 Å². The predicted molar refractivity (Wildman–Crippen MR) is 65.2 cm³/mol. The van der Waals surface area contributed by atoms with E-state index in [1.54, 1.807) is 0 Å². The highest BCUT2D eigenvalue weighted by atomic mass is 32.2. The molecule has 1 unspecified atom stereocenters. The normalized spacial score (nSPS) is 25.5. The number of rotatable bonds is 5. The summed E-state index contributed by atoms with van der Waals surface area (Å²) in [7, 11) is 4.44. The summed E-state index contributed by atoms with van der Waals surface area (Å²) in [5, 5.41) is 3.52. The lowest BCUT2D eigenvalue weighted by molar-refractivity contribution is 0.114. The molecule has 4 heteroatoms. The molecule has 1 aliphatic heterocycles. The van der Waals surface area contributed by atoms with Crippen LogP contribution in [0.5, 0.6) is 0 Å². The summed E-state index contributed by atoms with van der Waals surface area (Å²) in [5.74, 6) is 1.21. The van der Waals surface area contributed by atoms with Crippen molar-refractivity contribution in [1.29, 1.82) is 0 Å². The Balaban J connectivity index is 2.14. The molecule has 14 heavy (non-hydrogen) atoms. The highest BCUT2D eigenvalue weighted by Gasteiger charge is 2.21. The van der Waals surface area contributed by atoms with E-state index in [0.717, 1.165) is 13.1 Å². The Bertz CT molecular complexity index is 154. The van der Waals surface area contributed by atoms with Crippen molar-refractivity contribution >= 4 is 11.8 Å². The Morgan fingerprint density at radius 1 is 1.36 bits per heavy atom. The van der Waals surface area contributed by atoms with Crippen LogP contribution in [0.3, 0.4) is 0 Å². The van der Waals surface area contributed by atoms with Gasteiger partial charge in [-0.15, -0.1) is 0 Å². The van der Waals surface area contributed by atoms with Crippen molar-refractivity contribution in [2.24, 2.45) is 0 Å². The Morgan fingerprint density at radius 2 is 2.14 bits per heavy atom. The number of likely N-dealkylation sites (N-methyl/N-ethyl adjacent to an activating group) is 2. The van der Waals surface area contributed by atoms with Gasteiger partial charge in [0.2, 0.25) is 0 Å². The molecule has 0 aliphatic carbocycles. The quantitative estimate of drug-likeness (QED) is 0.662. The van der Waals surface area contributed by atoms with Crippen molar-refractivity contribution < 1.29 is 0 Å². The zero-order valence-corrected chi connectivity index (χ0v) is 10.4. The Kier molecular flexibility index (Phi) is 5.86. The van der Waals surface area contributed by atoms with E-state index < -0.39 is 0 Å². The molecule has 0 aromatic carbocycles. The molecule has 0 bridgehead atoms. The summed E-state index contributed by atoms with van der Waals surface area (Å²) in [6.07, 6.45) is 2.15. The molecule has 1 atom stereocenters. The van der Waals surface area contributed by atoms with Crippen molar-refractivity contribution in [2.75, 3.05) is 58.8 Å². The minimum Gasteiger partial charge on any atom is -0.314 e. The third-order valence-corrected chi connectivity index (χ3v) is 3.46. The molecule has 1 heterocycles. The first kappa shape index (κ1) is 12.3. The van der Waals surface area contributed by atoms with Gasteiger partial charge >= 0.3 is 0 Å². The maximum atomic E-state index is 3.52. The van der Waals surface area contributed by atoms with Crippen LogP contribution in [0.15, 0.2) is 0 Å². The van der Waals surface area contributed by atoms with Crippen molar-refractivity contribution in [2.45, 2.75) is 6.04 Å². The number of piperazine rings is 1. The van der Waals surface area contributed by atoms with Crippen LogP contribution >= 0.6 is 11.8 Å². The second-order valence-electron chi connectivity index (χ2n) is 4.09. The smallest absolute Gasteiger partial charge is 0.0345 e. The fraction of sp³-hybridized carbons (Fsp3) is 1.00. The van der Waals surface area contributed by atoms with Crippen LogP contribution in [-0.4, -0.2) is 74.7 Å². The molecule has 84 valence electrons. The van der Waals surface area contributed by atoms with E-state index >= 15 is 0 Å². The van der Waals surface area contributed by atoms with Crippen LogP contribution < -0.4 is 5.32 Å². The summed E-state index contributed by atoms with van der Waals surface area (Å²) in [4.78, 5) is 4.88. The number of hydrogen-bond acceptors (Lipinski definition) is 4. The Hall–Kier alpha value is 0.230. The van der Waals surface area contributed by atoms with Crippen LogP contribution in [0.25, 0.3) is 0 Å². The highest BCUT2D eigenvalue weighted by Crippen LogP contribution is 2.04. The molecule has 1 rings (SSSR count). The zero-order chi connectivity index (χ0) is 10.4. The number of nitrogens with zero attached hydrogens (tertiary/aromatic N) is 2. The van der Waals surface area contributed by atoms with Gasteiger partial charge in [-0.1, -0.05) is 0 Å². The molecule has 1 fully saturated rings. The molecule has 0 aromatic heterocycles. The first-order valence-electron chi connectivity index (χ1n) is 5.32. The lowest BCUT2D eigenvalue weighted by Crippen LogP contribution is -2.53. The van der Waals surface area contributed by atoms with Crippen LogP contribution in [0.2, 0.25) is 0 Å². The molecule has 1 N–H and O–H groups in total. The summed E-state index contributed by atoms with van der Waals surface area (Å²) in [6.45, 7) is 5.86. The van der Waals surface area contributed by atoms with E-state index in [9.17, 15) is 0 Å². The zero-order valence-electron chi connectivity index (χ0n) is 9.62. The maximum absolute atomic E-state index is 3.52. The third kappa shape index (κ3) is 4.17. The van der Waals surface area contributed by atoms with E-state index in [1.165, 1.54) is 25.4 Å².